The third kappa shape index (κ3) is 7.37. The highest BCUT2D eigenvalue weighted by Gasteiger charge is 2.07. The molecule has 0 bridgehead atoms. The monoisotopic (exact) mass is 338 g/mol. The van der Waals surface area contributed by atoms with E-state index in [0.29, 0.717) is 23.9 Å². The molecule has 0 radical (unpaired) electrons. The van der Waals surface area contributed by atoms with Crippen LogP contribution in [-0.4, -0.2) is 31.5 Å². The second-order valence-corrected chi connectivity index (χ2v) is 6.16. The van der Waals surface area contributed by atoms with E-state index in [4.69, 9.17) is 11.6 Å². The number of rotatable bonds is 7. The van der Waals surface area contributed by atoms with Crippen molar-refractivity contribution in [1.82, 2.24) is 10.6 Å². The first kappa shape index (κ1) is 19.3. The summed E-state index contributed by atoms with van der Waals surface area (Å²) in [6.07, 6.45) is 0.359. The highest BCUT2D eigenvalue weighted by molar-refractivity contribution is 6.31. The molecule has 5 nitrogen and oxygen atoms in total. The number of nitrogens with zero attached hydrogens (tertiary/aromatic N) is 1. The molecule has 23 heavy (non-hydrogen) atoms. The number of aliphatic imine (C=N–C) groups is 1. The molecule has 128 valence electrons. The number of hydrogen-bond donors (Lipinski definition) is 3. The van der Waals surface area contributed by atoms with E-state index in [-0.39, 0.29) is 5.91 Å². The minimum atomic E-state index is -0.0532. The molecule has 0 unspecified atom stereocenters. The Labute approximate surface area is 143 Å². The zero-order valence-corrected chi connectivity index (χ0v) is 15.1. The Balaban J connectivity index is 2.45. The molecule has 6 heteroatoms. The van der Waals surface area contributed by atoms with Gasteiger partial charge in [0, 0.05) is 36.8 Å². The fourth-order valence-corrected chi connectivity index (χ4v) is 2.04. The number of amides is 1. The highest BCUT2D eigenvalue weighted by Crippen LogP contribution is 2.22. The minimum absolute atomic E-state index is 0.0532. The normalized spacial score (nSPS) is 11.5. The van der Waals surface area contributed by atoms with Gasteiger partial charge in [0.15, 0.2) is 5.96 Å². The van der Waals surface area contributed by atoms with E-state index in [1.165, 1.54) is 0 Å². The molecule has 0 aliphatic heterocycles. The summed E-state index contributed by atoms with van der Waals surface area (Å²) in [7, 11) is 0. The SMILES string of the molecule is CCNC(=NCC(C)C)NCCC(=O)Nc1cccc(Cl)c1C. The molecule has 3 N–H and O–H groups in total. The highest BCUT2D eigenvalue weighted by atomic mass is 35.5. The number of benzene rings is 1. The van der Waals surface area contributed by atoms with Gasteiger partial charge in [-0.3, -0.25) is 9.79 Å². The number of anilines is 1. The first-order chi connectivity index (χ1) is 10.9. The van der Waals surface area contributed by atoms with Gasteiger partial charge >= 0.3 is 0 Å². The zero-order valence-electron chi connectivity index (χ0n) is 14.4. The lowest BCUT2D eigenvalue weighted by Gasteiger charge is -2.13. The van der Waals surface area contributed by atoms with Gasteiger partial charge in [0.25, 0.3) is 0 Å². The molecule has 1 aromatic rings. The molecular weight excluding hydrogens is 312 g/mol. The second kappa shape index (κ2) is 10.1. The average molecular weight is 339 g/mol. The number of hydrogen-bond acceptors (Lipinski definition) is 2. The Morgan fingerprint density at radius 3 is 2.70 bits per heavy atom. The van der Waals surface area contributed by atoms with Gasteiger partial charge in [-0.25, -0.2) is 0 Å². The third-order valence-corrected chi connectivity index (χ3v) is 3.55. The summed E-state index contributed by atoms with van der Waals surface area (Å²) in [6.45, 7) is 10.2. The van der Waals surface area contributed by atoms with Gasteiger partial charge in [-0.15, -0.1) is 0 Å². The van der Waals surface area contributed by atoms with Crippen LogP contribution in [0.1, 0.15) is 32.8 Å². The molecule has 0 spiro atoms. The third-order valence-electron chi connectivity index (χ3n) is 3.15. The lowest BCUT2D eigenvalue weighted by atomic mass is 10.2. The summed E-state index contributed by atoms with van der Waals surface area (Å²) in [5.74, 6) is 1.19. The molecule has 0 aliphatic rings. The van der Waals surface area contributed by atoms with Crippen molar-refractivity contribution < 1.29 is 4.79 Å². The first-order valence-electron chi connectivity index (χ1n) is 8.01. The van der Waals surface area contributed by atoms with Crippen LogP contribution in [0, 0.1) is 12.8 Å². The van der Waals surface area contributed by atoms with Crippen LogP contribution in [-0.2, 0) is 4.79 Å². The van der Waals surface area contributed by atoms with Crippen molar-refractivity contribution in [2.75, 3.05) is 25.0 Å². The van der Waals surface area contributed by atoms with Crippen LogP contribution in [0.3, 0.4) is 0 Å². The summed E-state index contributed by atoms with van der Waals surface area (Å²) >= 11 is 6.05. The topological polar surface area (TPSA) is 65.5 Å². The summed E-state index contributed by atoms with van der Waals surface area (Å²) in [6, 6.07) is 5.48. The van der Waals surface area contributed by atoms with E-state index in [2.05, 4.69) is 34.8 Å². The maximum absolute atomic E-state index is 12.0. The van der Waals surface area contributed by atoms with E-state index in [1.807, 2.05) is 32.0 Å². The van der Waals surface area contributed by atoms with E-state index in [0.717, 1.165) is 30.3 Å². The number of carbonyl (C=O) groups excluding carboxylic acids is 1. The minimum Gasteiger partial charge on any atom is -0.357 e. The van der Waals surface area contributed by atoms with Crippen LogP contribution < -0.4 is 16.0 Å². The molecule has 1 rings (SSSR count). The van der Waals surface area contributed by atoms with Crippen molar-refractivity contribution in [3.05, 3.63) is 28.8 Å². The number of carbonyl (C=O) groups is 1. The summed E-state index contributed by atoms with van der Waals surface area (Å²) < 4.78 is 0. The van der Waals surface area contributed by atoms with Crippen LogP contribution in [0.4, 0.5) is 5.69 Å². The zero-order chi connectivity index (χ0) is 17.2. The Bertz CT molecular complexity index is 543. The molecule has 0 saturated heterocycles. The average Bonchev–Trinajstić information content (AvgIpc) is 2.49. The summed E-state index contributed by atoms with van der Waals surface area (Å²) in [5.41, 5.74) is 1.63. The van der Waals surface area contributed by atoms with E-state index < -0.39 is 0 Å². The molecular formula is C17H27ClN4O. The van der Waals surface area contributed by atoms with Gasteiger partial charge < -0.3 is 16.0 Å². The lowest BCUT2D eigenvalue weighted by Crippen LogP contribution is -2.39. The van der Waals surface area contributed by atoms with E-state index in [1.54, 1.807) is 0 Å². The van der Waals surface area contributed by atoms with Crippen LogP contribution >= 0.6 is 11.6 Å². The van der Waals surface area contributed by atoms with Gasteiger partial charge in [-0.1, -0.05) is 31.5 Å². The second-order valence-electron chi connectivity index (χ2n) is 5.75. The molecule has 0 aromatic heterocycles. The molecule has 0 saturated carbocycles. The predicted octanol–water partition coefficient (Wildman–Crippen LogP) is 3.19. The van der Waals surface area contributed by atoms with E-state index >= 15 is 0 Å². The van der Waals surface area contributed by atoms with Gasteiger partial charge in [-0.2, -0.15) is 0 Å². The van der Waals surface area contributed by atoms with E-state index in [9.17, 15) is 4.79 Å². The summed E-state index contributed by atoms with van der Waals surface area (Å²) in [5, 5.41) is 9.87. The van der Waals surface area contributed by atoms with Crippen molar-refractivity contribution in [1.29, 1.82) is 0 Å². The quantitative estimate of drug-likeness (QED) is 0.528. The molecule has 1 amide bonds. The van der Waals surface area contributed by atoms with Crippen LogP contribution in [0.2, 0.25) is 5.02 Å². The number of guanidine groups is 1. The van der Waals surface area contributed by atoms with Crippen LogP contribution in [0.25, 0.3) is 0 Å². The number of halogens is 1. The molecule has 1 aromatic carbocycles. The van der Waals surface area contributed by atoms with Crippen LogP contribution in [0.5, 0.6) is 0 Å². The first-order valence-corrected chi connectivity index (χ1v) is 8.39. The molecule has 0 atom stereocenters. The summed E-state index contributed by atoms with van der Waals surface area (Å²) in [4.78, 5) is 16.5. The van der Waals surface area contributed by atoms with Gasteiger partial charge in [0.05, 0.1) is 0 Å². The fraction of sp³-hybridized carbons (Fsp3) is 0.529. The Morgan fingerprint density at radius 2 is 2.04 bits per heavy atom. The fourth-order valence-electron chi connectivity index (χ4n) is 1.87. The number of nitrogens with one attached hydrogen (secondary N) is 3. The van der Waals surface area contributed by atoms with Crippen LogP contribution in [0.15, 0.2) is 23.2 Å². The van der Waals surface area contributed by atoms with Crippen molar-refractivity contribution >= 4 is 29.2 Å². The largest absolute Gasteiger partial charge is 0.357 e. The smallest absolute Gasteiger partial charge is 0.226 e. The van der Waals surface area contributed by atoms with Crippen molar-refractivity contribution in [3.63, 3.8) is 0 Å². The molecule has 0 fully saturated rings. The van der Waals surface area contributed by atoms with Gasteiger partial charge in [0.2, 0.25) is 5.91 Å². The lowest BCUT2D eigenvalue weighted by molar-refractivity contribution is -0.116. The van der Waals surface area contributed by atoms with Crippen molar-refractivity contribution in [2.24, 2.45) is 10.9 Å². The maximum atomic E-state index is 12.0. The molecule has 0 aliphatic carbocycles. The standard InChI is InChI=1S/C17H27ClN4O/c1-5-19-17(21-11-12(2)3)20-10-9-16(23)22-15-8-6-7-14(18)13(15)4/h6-8,12H,5,9-11H2,1-4H3,(H,22,23)(H2,19,20,21). The Morgan fingerprint density at radius 1 is 1.30 bits per heavy atom. The Kier molecular flexibility index (Phi) is 8.48. The predicted molar refractivity (Wildman–Crippen MR) is 98.3 cm³/mol. The van der Waals surface area contributed by atoms with Gasteiger partial charge in [0.1, 0.15) is 0 Å². The van der Waals surface area contributed by atoms with Crippen molar-refractivity contribution in [3.8, 4) is 0 Å². The van der Waals surface area contributed by atoms with Crippen molar-refractivity contribution in [2.45, 2.75) is 34.1 Å². The van der Waals surface area contributed by atoms with Gasteiger partial charge in [-0.05, 0) is 37.5 Å². The Hall–Kier alpha value is -1.75. The maximum Gasteiger partial charge on any atom is 0.226 e. The molecule has 0 heterocycles.